The second-order valence-electron chi connectivity index (χ2n) is 10.9. The number of para-hydroxylation sites is 1. The van der Waals surface area contributed by atoms with Crippen LogP contribution in [0, 0.1) is 6.92 Å². The minimum Gasteiger partial charge on any atom is -0.456 e. The molecule has 0 aliphatic heterocycles. The molecule has 0 saturated carbocycles. The van der Waals surface area contributed by atoms with E-state index < -0.39 is 0 Å². The number of anilines is 3. The molecule has 1 heterocycles. The van der Waals surface area contributed by atoms with Gasteiger partial charge in [-0.05, 0) is 77.6 Å². The summed E-state index contributed by atoms with van der Waals surface area (Å²) in [6.07, 6.45) is 0. The molecule has 0 bridgehead atoms. The molecule has 6 rings (SSSR count). The van der Waals surface area contributed by atoms with E-state index >= 15 is 0 Å². The van der Waals surface area contributed by atoms with Crippen LogP contribution in [0.3, 0.4) is 0 Å². The van der Waals surface area contributed by atoms with E-state index in [4.69, 9.17) is 16.0 Å². The summed E-state index contributed by atoms with van der Waals surface area (Å²) in [5.74, 6) is 0. The highest BCUT2D eigenvalue weighted by molar-refractivity contribution is 6.31. The van der Waals surface area contributed by atoms with Crippen molar-refractivity contribution in [1.82, 2.24) is 0 Å². The molecule has 0 aliphatic carbocycles. The highest BCUT2D eigenvalue weighted by Gasteiger charge is 2.22. The van der Waals surface area contributed by atoms with Crippen molar-refractivity contribution in [1.29, 1.82) is 0 Å². The van der Waals surface area contributed by atoms with Crippen molar-refractivity contribution in [3.63, 3.8) is 0 Å². The maximum absolute atomic E-state index is 6.61. The predicted octanol–water partition coefficient (Wildman–Crippen LogP) is 11.0. The molecule has 0 atom stereocenters. The Balaban J connectivity index is 1.64. The first-order valence-corrected chi connectivity index (χ1v) is 13.3. The monoisotopic (exact) mass is 515 g/mol. The van der Waals surface area contributed by atoms with E-state index in [9.17, 15) is 0 Å². The molecule has 38 heavy (non-hydrogen) atoms. The van der Waals surface area contributed by atoms with Gasteiger partial charge in [-0.2, -0.15) is 0 Å². The second-order valence-corrected chi connectivity index (χ2v) is 11.4. The van der Waals surface area contributed by atoms with Crippen molar-refractivity contribution >= 4 is 50.6 Å². The lowest BCUT2D eigenvalue weighted by Crippen LogP contribution is -2.14. The Kier molecular flexibility index (Phi) is 6.01. The van der Waals surface area contributed by atoms with Crippen LogP contribution in [0.15, 0.2) is 114 Å². The fourth-order valence-corrected chi connectivity index (χ4v) is 5.46. The SMILES string of the molecule is Cc1cc(Cl)cc(N(c2ccc3c(c2)oc2ccccc23)c2ccc(C(C)(C)C)cc2-c2ccccc2)c1. The highest BCUT2D eigenvalue weighted by Crippen LogP contribution is 2.44. The van der Waals surface area contributed by atoms with E-state index in [0.29, 0.717) is 5.02 Å². The van der Waals surface area contributed by atoms with Gasteiger partial charge in [0.25, 0.3) is 0 Å². The van der Waals surface area contributed by atoms with Gasteiger partial charge in [-0.1, -0.05) is 87.0 Å². The Labute approximate surface area is 229 Å². The van der Waals surface area contributed by atoms with E-state index in [1.807, 2.05) is 24.3 Å². The molecule has 188 valence electrons. The normalized spacial score (nSPS) is 11.8. The molecule has 0 fully saturated rings. The molecule has 1 aromatic heterocycles. The number of nitrogens with zero attached hydrogens (tertiary/aromatic N) is 1. The molecular weight excluding hydrogens is 486 g/mol. The quantitative estimate of drug-likeness (QED) is 0.232. The fraction of sp³-hybridized carbons (Fsp3) is 0.143. The van der Waals surface area contributed by atoms with Gasteiger partial charge in [-0.3, -0.25) is 0 Å². The van der Waals surface area contributed by atoms with Crippen molar-refractivity contribution in [3.05, 3.63) is 125 Å². The van der Waals surface area contributed by atoms with Gasteiger partial charge in [0, 0.05) is 38.8 Å². The number of halogens is 1. The average molecular weight is 516 g/mol. The standard InChI is InChI=1S/C35H30ClNO/c1-23-18-26(36)21-28(19-23)37(27-15-16-30-29-12-8-9-13-33(29)38-34(30)22-27)32-17-14-25(35(2,3)4)20-31(32)24-10-6-5-7-11-24/h5-22H,1-4H3. The molecule has 6 aromatic rings. The van der Waals surface area contributed by atoms with Crippen molar-refractivity contribution in [2.45, 2.75) is 33.1 Å². The first-order valence-electron chi connectivity index (χ1n) is 13.0. The smallest absolute Gasteiger partial charge is 0.137 e. The maximum Gasteiger partial charge on any atom is 0.137 e. The Morgan fingerprint density at radius 1 is 0.658 bits per heavy atom. The van der Waals surface area contributed by atoms with E-state index in [1.54, 1.807) is 0 Å². The number of hydrogen-bond donors (Lipinski definition) is 0. The third kappa shape index (κ3) is 4.46. The number of aryl methyl sites for hydroxylation is 1. The summed E-state index contributed by atoms with van der Waals surface area (Å²) in [4.78, 5) is 2.29. The van der Waals surface area contributed by atoms with Gasteiger partial charge in [0.05, 0.1) is 5.69 Å². The topological polar surface area (TPSA) is 16.4 Å². The molecule has 0 aliphatic rings. The van der Waals surface area contributed by atoms with Crippen molar-refractivity contribution in [3.8, 4) is 11.1 Å². The summed E-state index contributed by atoms with van der Waals surface area (Å²) in [6.45, 7) is 8.84. The maximum atomic E-state index is 6.61. The number of hydrogen-bond acceptors (Lipinski definition) is 2. The highest BCUT2D eigenvalue weighted by atomic mass is 35.5. The average Bonchev–Trinajstić information content (AvgIpc) is 3.26. The molecule has 0 radical (unpaired) electrons. The van der Waals surface area contributed by atoms with E-state index in [1.165, 1.54) is 16.7 Å². The zero-order valence-electron chi connectivity index (χ0n) is 22.1. The van der Waals surface area contributed by atoms with Crippen LogP contribution in [0.25, 0.3) is 33.1 Å². The largest absolute Gasteiger partial charge is 0.456 e. The van der Waals surface area contributed by atoms with Crippen LogP contribution in [0.4, 0.5) is 17.1 Å². The Hall–Kier alpha value is -4.01. The summed E-state index contributed by atoms with van der Waals surface area (Å²) >= 11 is 6.61. The Morgan fingerprint density at radius 3 is 2.16 bits per heavy atom. The third-order valence-electron chi connectivity index (χ3n) is 7.09. The van der Waals surface area contributed by atoms with E-state index in [2.05, 4.69) is 118 Å². The van der Waals surface area contributed by atoms with Crippen LogP contribution in [-0.2, 0) is 5.41 Å². The summed E-state index contributed by atoms with van der Waals surface area (Å²) in [6, 6.07) is 38.3. The summed E-state index contributed by atoms with van der Waals surface area (Å²) in [7, 11) is 0. The molecule has 3 heteroatoms. The number of fused-ring (bicyclic) bond motifs is 3. The summed E-state index contributed by atoms with van der Waals surface area (Å²) in [5, 5.41) is 2.94. The molecule has 0 spiro atoms. The van der Waals surface area contributed by atoms with E-state index in [0.717, 1.165) is 44.6 Å². The first kappa shape index (κ1) is 24.3. The second kappa shape index (κ2) is 9.38. The van der Waals surface area contributed by atoms with Crippen molar-refractivity contribution < 1.29 is 4.42 Å². The molecule has 0 N–H and O–H groups in total. The van der Waals surface area contributed by atoms with Gasteiger partial charge >= 0.3 is 0 Å². The molecule has 0 unspecified atom stereocenters. The number of furan rings is 1. The minimum atomic E-state index is 0.0206. The molecule has 0 saturated heterocycles. The van der Waals surface area contributed by atoms with Crippen LogP contribution in [0.5, 0.6) is 0 Å². The van der Waals surface area contributed by atoms with E-state index in [-0.39, 0.29) is 5.41 Å². The van der Waals surface area contributed by atoms with Crippen LogP contribution >= 0.6 is 11.6 Å². The Morgan fingerprint density at radius 2 is 1.39 bits per heavy atom. The summed E-state index contributed by atoms with van der Waals surface area (Å²) in [5.41, 5.74) is 9.61. The molecule has 0 amide bonds. The molecular formula is C35H30ClNO. The molecule has 2 nitrogen and oxygen atoms in total. The van der Waals surface area contributed by atoms with Gasteiger partial charge in [0.1, 0.15) is 11.2 Å². The third-order valence-corrected chi connectivity index (χ3v) is 7.31. The Bertz CT molecular complexity index is 1760. The van der Waals surface area contributed by atoms with Crippen LogP contribution in [0.1, 0.15) is 31.9 Å². The van der Waals surface area contributed by atoms with Crippen LogP contribution in [-0.4, -0.2) is 0 Å². The molecule has 5 aromatic carbocycles. The van der Waals surface area contributed by atoms with Gasteiger partial charge in [0.15, 0.2) is 0 Å². The van der Waals surface area contributed by atoms with Gasteiger partial charge in [-0.15, -0.1) is 0 Å². The summed E-state index contributed by atoms with van der Waals surface area (Å²) < 4.78 is 6.29. The zero-order valence-corrected chi connectivity index (χ0v) is 22.9. The van der Waals surface area contributed by atoms with Crippen molar-refractivity contribution in [2.24, 2.45) is 0 Å². The van der Waals surface area contributed by atoms with Crippen LogP contribution < -0.4 is 4.90 Å². The van der Waals surface area contributed by atoms with Gasteiger partial charge in [-0.25, -0.2) is 0 Å². The van der Waals surface area contributed by atoms with Gasteiger partial charge in [0.2, 0.25) is 0 Å². The van der Waals surface area contributed by atoms with Gasteiger partial charge < -0.3 is 9.32 Å². The minimum absolute atomic E-state index is 0.0206. The number of benzene rings is 5. The lowest BCUT2D eigenvalue weighted by molar-refractivity contribution is 0.590. The van der Waals surface area contributed by atoms with Crippen molar-refractivity contribution in [2.75, 3.05) is 4.90 Å². The lowest BCUT2D eigenvalue weighted by atomic mass is 9.84. The first-order chi connectivity index (χ1) is 18.3. The predicted molar refractivity (Wildman–Crippen MR) is 162 cm³/mol. The van der Waals surface area contributed by atoms with Crippen LogP contribution in [0.2, 0.25) is 5.02 Å². The fourth-order valence-electron chi connectivity index (χ4n) is 5.17. The lowest BCUT2D eigenvalue weighted by Gasteiger charge is -2.30. The zero-order chi connectivity index (χ0) is 26.4. The number of rotatable bonds is 4.